The van der Waals surface area contributed by atoms with Crippen molar-refractivity contribution in [3.63, 3.8) is 0 Å². The normalized spacial score (nSPS) is 18.2. The number of amides is 2. The summed E-state index contributed by atoms with van der Waals surface area (Å²) in [7, 11) is 1.66. The van der Waals surface area contributed by atoms with Crippen molar-refractivity contribution in [3.05, 3.63) is 28.7 Å². The second-order valence-electron chi connectivity index (χ2n) is 4.52. The van der Waals surface area contributed by atoms with Crippen molar-refractivity contribution in [2.75, 3.05) is 13.6 Å². The highest BCUT2D eigenvalue weighted by atomic mass is 79.9. The second-order valence-corrected chi connectivity index (χ2v) is 5.44. The number of carbonyl (C=O) groups is 1. The largest absolute Gasteiger partial charge is 0.341 e. The van der Waals surface area contributed by atoms with Crippen LogP contribution < -0.4 is 5.32 Å². The first-order chi connectivity index (χ1) is 9.20. The number of halogens is 1. The summed E-state index contributed by atoms with van der Waals surface area (Å²) in [6.07, 6.45) is 4.12. The number of rotatable bonds is 1. The van der Waals surface area contributed by atoms with E-state index in [-0.39, 0.29) is 6.03 Å². The molecular formula is C14H18BrN3O. The molecule has 0 aromatic heterocycles. The fraction of sp³-hybridized carbons (Fsp3) is 0.429. The quantitative estimate of drug-likeness (QED) is 0.841. The van der Waals surface area contributed by atoms with Gasteiger partial charge in [0.25, 0.3) is 0 Å². The fourth-order valence-corrected chi connectivity index (χ4v) is 2.39. The Labute approximate surface area is 122 Å². The van der Waals surface area contributed by atoms with Crippen LogP contribution in [0.15, 0.2) is 33.7 Å². The Kier molecular flexibility index (Phi) is 4.96. The topological polar surface area (TPSA) is 44.7 Å². The number of likely N-dealkylation sites (tertiary alicyclic amines) is 1. The summed E-state index contributed by atoms with van der Waals surface area (Å²) in [5.74, 6) is 0.860. The molecule has 0 saturated carbocycles. The van der Waals surface area contributed by atoms with Crippen LogP contribution in [0.25, 0.3) is 0 Å². The first-order valence-electron chi connectivity index (χ1n) is 6.53. The number of aliphatic imine (C=N–C) groups is 1. The third-order valence-electron chi connectivity index (χ3n) is 3.14. The molecule has 2 rings (SSSR count). The van der Waals surface area contributed by atoms with Crippen molar-refractivity contribution in [1.82, 2.24) is 10.2 Å². The van der Waals surface area contributed by atoms with Crippen molar-refractivity contribution >= 4 is 33.5 Å². The van der Waals surface area contributed by atoms with Gasteiger partial charge < -0.3 is 5.32 Å². The monoisotopic (exact) mass is 323 g/mol. The van der Waals surface area contributed by atoms with Gasteiger partial charge in [-0.25, -0.2) is 9.79 Å². The van der Waals surface area contributed by atoms with Crippen molar-refractivity contribution in [2.45, 2.75) is 25.7 Å². The number of nitrogens with one attached hydrogen (secondary N) is 1. The van der Waals surface area contributed by atoms with Crippen LogP contribution in [0.4, 0.5) is 10.5 Å². The lowest BCUT2D eigenvalue weighted by Crippen LogP contribution is -2.42. The molecular weight excluding hydrogens is 306 g/mol. The van der Waals surface area contributed by atoms with Crippen LogP contribution in [0.3, 0.4) is 0 Å². The summed E-state index contributed by atoms with van der Waals surface area (Å²) < 4.78 is 1.03. The Bertz CT molecular complexity index is 470. The predicted octanol–water partition coefficient (Wildman–Crippen LogP) is 3.69. The molecule has 1 heterocycles. The van der Waals surface area contributed by atoms with Crippen LogP contribution in [-0.4, -0.2) is 30.4 Å². The van der Waals surface area contributed by atoms with E-state index >= 15 is 0 Å². The van der Waals surface area contributed by atoms with Gasteiger partial charge in [-0.3, -0.25) is 4.90 Å². The van der Waals surface area contributed by atoms with Gasteiger partial charge in [0.2, 0.25) is 0 Å². The molecule has 1 aromatic rings. The van der Waals surface area contributed by atoms with E-state index in [0.717, 1.165) is 48.2 Å². The smallest absolute Gasteiger partial charge is 0.322 e. The number of carbonyl (C=O) groups excluding carboxylic acids is 1. The van der Waals surface area contributed by atoms with Crippen LogP contribution in [0.5, 0.6) is 0 Å². The molecule has 1 aliphatic heterocycles. The Morgan fingerprint density at radius 1 is 1.26 bits per heavy atom. The Balaban J connectivity index is 2.26. The van der Waals surface area contributed by atoms with E-state index < -0.39 is 0 Å². The lowest BCUT2D eigenvalue weighted by Gasteiger charge is -2.21. The third kappa shape index (κ3) is 3.80. The van der Waals surface area contributed by atoms with Crippen LogP contribution >= 0.6 is 15.9 Å². The van der Waals surface area contributed by atoms with E-state index in [1.54, 1.807) is 11.9 Å². The maximum absolute atomic E-state index is 11.9. The van der Waals surface area contributed by atoms with Crippen molar-refractivity contribution in [1.29, 1.82) is 0 Å². The average molecular weight is 324 g/mol. The molecule has 4 nitrogen and oxygen atoms in total. The molecule has 0 radical (unpaired) electrons. The summed E-state index contributed by atoms with van der Waals surface area (Å²) in [6, 6.07) is 7.74. The minimum Gasteiger partial charge on any atom is -0.341 e. The number of benzene rings is 1. The van der Waals surface area contributed by atoms with Gasteiger partial charge in [-0.1, -0.05) is 22.4 Å². The highest BCUT2D eigenvalue weighted by Crippen LogP contribution is 2.20. The zero-order chi connectivity index (χ0) is 13.7. The summed E-state index contributed by atoms with van der Waals surface area (Å²) in [4.78, 5) is 18.3. The number of hydrogen-bond donors (Lipinski definition) is 1. The summed E-state index contributed by atoms with van der Waals surface area (Å²) in [6.45, 7) is 0.745. The van der Waals surface area contributed by atoms with Gasteiger partial charge in [0.05, 0.1) is 5.69 Å². The second kappa shape index (κ2) is 6.70. The highest BCUT2D eigenvalue weighted by Gasteiger charge is 2.20. The molecule has 1 saturated heterocycles. The minimum atomic E-state index is -0.0715. The Morgan fingerprint density at radius 2 is 2.00 bits per heavy atom. The van der Waals surface area contributed by atoms with Gasteiger partial charge in [0.15, 0.2) is 0 Å². The summed E-state index contributed by atoms with van der Waals surface area (Å²) in [5, 5.41) is 2.69. The molecule has 0 spiro atoms. The van der Waals surface area contributed by atoms with E-state index in [0.29, 0.717) is 0 Å². The predicted molar refractivity (Wildman–Crippen MR) is 80.9 cm³/mol. The molecule has 1 fully saturated rings. The molecule has 2 amide bonds. The van der Waals surface area contributed by atoms with Crippen LogP contribution in [0, 0.1) is 0 Å². The lowest BCUT2D eigenvalue weighted by atomic mass is 10.2. The van der Waals surface area contributed by atoms with Gasteiger partial charge in [0.1, 0.15) is 5.84 Å². The molecule has 0 unspecified atom stereocenters. The summed E-state index contributed by atoms with van der Waals surface area (Å²) >= 11 is 3.41. The van der Waals surface area contributed by atoms with Crippen LogP contribution in [-0.2, 0) is 0 Å². The molecule has 102 valence electrons. The highest BCUT2D eigenvalue weighted by molar-refractivity contribution is 9.10. The van der Waals surface area contributed by atoms with E-state index in [4.69, 9.17) is 0 Å². The van der Waals surface area contributed by atoms with Crippen LogP contribution in [0.1, 0.15) is 25.7 Å². The maximum atomic E-state index is 11.9. The standard InChI is InChI=1S/C14H18BrN3O/c1-16-14(19)18-10-4-2-3-5-13(18)17-12-8-6-11(15)7-9-12/h6-9H,2-5,10H2,1H3,(H,16,19). The van der Waals surface area contributed by atoms with Gasteiger partial charge in [-0.2, -0.15) is 0 Å². The Morgan fingerprint density at radius 3 is 2.68 bits per heavy atom. The van der Waals surface area contributed by atoms with Gasteiger partial charge in [-0.05, 0) is 37.1 Å². The molecule has 0 bridgehead atoms. The first-order valence-corrected chi connectivity index (χ1v) is 7.32. The van der Waals surface area contributed by atoms with E-state index in [9.17, 15) is 4.79 Å². The summed E-state index contributed by atoms with van der Waals surface area (Å²) in [5.41, 5.74) is 0.883. The van der Waals surface area contributed by atoms with Crippen molar-refractivity contribution < 1.29 is 4.79 Å². The molecule has 19 heavy (non-hydrogen) atoms. The van der Waals surface area contributed by atoms with Crippen LogP contribution in [0.2, 0.25) is 0 Å². The Hall–Kier alpha value is -1.36. The molecule has 5 heteroatoms. The number of amidine groups is 1. The van der Waals surface area contributed by atoms with Gasteiger partial charge in [0, 0.05) is 24.5 Å². The van der Waals surface area contributed by atoms with E-state index in [1.165, 1.54) is 0 Å². The average Bonchev–Trinajstić information content (AvgIpc) is 2.66. The zero-order valence-electron chi connectivity index (χ0n) is 11.0. The molecule has 1 aromatic carbocycles. The third-order valence-corrected chi connectivity index (χ3v) is 3.67. The molecule has 0 atom stereocenters. The van der Waals surface area contributed by atoms with Gasteiger partial charge in [-0.15, -0.1) is 0 Å². The number of hydrogen-bond acceptors (Lipinski definition) is 2. The van der Waals surface area contributed by atoms with Crippen molar-refractivity contribution in [3.8, 4) is 0 Å². The number of urea groups is 1. The fourth-order valence-electron chi connectivity index (χ4n) is 2.13. The van der Waals surface area contributed by atoms with Crippen molar-refractivity contribution in [2.24, 2.45) is 4.99 Å². The SMILES string of the molecule is CNC(=O)N1CCCCCC1=Nc1ccc(Br)cc1. The molecule has 1 N–H and O–H groups in total. The first kappa shape index (κ1) is 14.1. The van der Waals surface area contributed by atoms with E-state index in [2.05, 4.69) is 26.2 Å². The number of nitrogens with zero attached hydrogens (tertiary/aromatic N) is 2. The molecule has 1 aliphatic rings. The van der Waals surface area contributed by atoms with Gasteiger partial charge >= 0.3 is 6.03 Å². The zero-order valence-corrected chi connectivity index (χ0v) is 12.6. The molecule has 0 aliphatic carbocycles. The van der Waals surface area contributed by atoms with E-state index in [1.807, 2.05) is 24.3 Å². The lowest BCUT2D eigenvalue weighted by molar-refractivity contribution is 0.222. The minimum absolute atomic E-state index is 0.0715. The maximum Gasteiger partial charge on any atom is 0.322 e.